The lowest BCUT2D eigenvalue weighted by atomic mass is 10.1. The van der Waals surface area contributed by atoms with E-state index in [1.807, 2.05) is 0 Å². The van der Waals surface area contributed by atoms with Gasteiger partial charge in [0.1, 0.15) is 5.75 Å². The van der Waals surface area contributed by atoms with Crippen molar-refractivity contribution in [3.8, 4) is 17.6 Å². The van der Waals surface area contributed by atoms with E-state index < -0.39 is 11.7 Å². The number of hydrogen-bond donors (Lipinski definition) is 0. The van der Waals surface area contributed by atoms with Crippen LogP contribution < -0.4 is 4.74 Å². The largest absolute Gasteiger partial charge is 0.497 e. The summed E-state index contributed by atoms with van der Waals surface area (Å²) in [6.07, 6.45) is -3.97. The van der Waals surface area contributed by atoms with E-state index in [9.17, 15) is 13.2 Å². The number of methoxy groups -OCH3 is 1. The van der Waals surface area contributed by atoms with Gasteiger partial charge in [-0.15, -0.1) is 11.6 Å². The predicted molar refractivity (Wildman–Crippen MR) is 60.2 cm³/mol. The molecule has 0 amide bonds. The highest BCUT2D eigenvalue weighted by atomic mass is 35.5. The summed E-state index contributed by atoms with van der Waals surface area (Å²) in [4.78, 5) is 0. The molecule has 0 atom stereocenters. The van der Waals surface area contributed by atoms with Gasteiger partial charge in [-0.2, -0.15) is 13.2 Å². The average Bonchev–Trinajstić information content (AvgIpc) is 2.28. The molecule has 0 unspecified atom stereocenters. The molecule has 1 rings (SSSR count). The van der Waals surface area contributed by atoms with Crippen molar-refractivity contribution in [1.29, 1.82) is 0 Å². The fourth-order valence-corrected chi connectivity index (χ4v) is 1.26. The molecule has 92 valence electrons. The third-order valence-corrected chi connectivity index (χ3v) is 2.11. The first-order chi connectivity index (χ1) is 7.97. The van der Waals surface area contributed by atoms with E-state index in [4.69, 9.17) is 16.3 Å². The van der Waals surface area contributed by atoms with Crippen LogP contribution in [0.4, 0.5) is 13.2 Å². The Balaban J connectivity index is 3.11. The van der Waals surface area contributed by atoms with Crippen molar-refractivity contribution in [3.63, 3.8) is 0 Å². The summed E-state index contributed by atoms with van der Waals surface area (Å²) in [6, 6.07) is 3.38. The topological polar surface area (TPSA) is 9.23 Å². The van der Waals surface area contributed by atoms with Crippen molar-refractivity contribution in [2.75, 3.05) is 13.0 Å². The number of benzene rings is 1. The van der Waals surface area contributed by atoms with E-state index in [1.165, 1.54) is 13.2 Å². The number of rotatable bonds is 2. The van der Waals surface area contributed by atoms with Crippen LogP contribution in [-0.4, -0.2) is 13.0 Å². The molecule has 1 aromatic carbocycles. The molecule has 0 heterocycles. The lowest BCUT2D eigenvalue weighted by Crippen LogP contribution is -2.05. The standard InChI is InChI=1S/C12H10ClF3O/c1-17-11-7-9(4-2-3-5-13)6-10(8-11)12(14,15)16/h6-8H,3,5H2,1H3. The van der Waals surface area contributed by atoms with Crippen LogP contribution in [-0.2, 0) is 6.18 Å². The molecule has 0 spiro atoms. The molecule has 0 aromatic heterocycles. The maximum absolute atomic E-state index is 12.5. The van der Waals surface area contributed by atoms with E-state index >= 15 is 0 Å². The highest BCUT2D eigenvalue weighted by Gasteiger charge is 2.31. The van der Waals surface area contributed by atoms with E-state index in [2.05, 4.69) is 11.8 Å². The first kappa shape index (κ1) is 13.7. The van der Waals surface area contributed by atoms with Crippen LogP contribution in [0.15, 0.2) is 18.2 Å². The molecule has 0 radical (unpaired) electrons. The molecule has 0 aliphatic rings. The highest BCUT2D eigenvalue weighted by molar-refractivity contribution is 6.18. The number of alkyl halides is 4. The minimum absolute atomic E-state index is 0.134. The molecular weight excluding hydrogens is 253 g/mol. The zero-order valence-electron chi connectivity index (χ0n) is 9.07. The highest BCUT2D eigenvalue weighted by Crippen LogP contribution is 2.32. The summed E-state index contributed by atoms with van der Waals surface area (Å²) in [5.41, 5.74) is -0.506. The third-order valence-electron chi connectivity index (χ3n) is 1.92. The summed E-state index contributed by atoms with van der Waals surface area (Å²) in [5, 5.41) is 0. The summed E-state index contributed by atoms with van der Waals surface area (Å²) in [6.45, 7) is 0. The van der Waals surface area contributed by atoms with Crippen molar-refractivity contribution >= 4 is 11.6 Å². The van der Waals surface area contributed by atoms with Crippen molar-refractivity contribution in [3.05, 3.63) is 29.3 Å². The monoisotopic (exact) mass is 262 g/mol. The van der Waals surface area contributed by atoms with Crippen LogP contribution >= 0.6 is 11.6 Å². The fourth-order valence-electron chi connectivity index (χ4n) is 1.16. The quantitative estimate of drug-likeness (QED) is 0.583. The fraction of sp³-hybridized carbons (Fsp3) is 0.333. The Kier molecular flexibility index (Phi) is 4.71. The second-order valence-corrected chi connectivity index (χ2v) is 3.57. The minimum Gasteiger partial charge on any atom is -0.497 e. The van der Waals surface area contributed by atoms with Gasteiger partial charge in [-0.05, 0) is 18.2 Å². The molecular formula is C12H10ClF3O. The van der Waals surface area contributed by atoms with Gasteiger partial charge in [0.25, 0.3) is 0 Å². The van der Waals surface area contributed by atoms with E-state index in [-0.39, 0.29) is 11.3 Å². The first-order valence-electron chi connectivity index (χ1n) is 4.78. The third kappa shape index (κ3) is 4.20. The smallest absolute Gasteiger partial charge is 0.416 e. The van der Waals surface area contributed by atoms with E-state index in [1.54, 1.807) is 0 Å². The van der Waals surface area contributed by atoms with Gasteiger partial charge in [0, 0.05) is 17.9 Å². The Morgan fingerprint density at radius 1 is 1.29 bits per heavy atom. The summed E-state index contributed by atoms with van der Waals surface area (Å²) >= 11 is 5.42. The van der Waals surface area contributed by atoms with Crippen LogP contribution in [0.5, 0.6) is 5.75 Å². The molecule has 0 saturated heterocycles. The normalized spacial score (nSPS) is 10.6. The number of halogens is 4. The van der Waals surface area contributed by atoms with Crippen molar-refractivity contribution in [1.82, 2.24) is 0 Å². The number of ether oxygens (including phenoxy) is 1. The molecule has 0 aliphatic heterocycles. The molecule has 0 saturated carbocycles. The van der Waals surface area contributed by atoms with E-state index in [0.29, 0.717) is 12.3 Å². The van der Waals surface area contributed by atoms with Crippen LogP contribution in [0.3, 0.4) is 0 Å². The van der Waals surface area contributed by atoms with Crippen LogP contribution in [0.25, 0.3) is 0 Å². The maximum atomic E-state index is 12.5. The number of hydrogen-bond acceptors (Lipinski definition) is 1. The van der Waals surface area contributed by atoms with Crippen molar-refractivity contribution < 1.29 is 17.9 Å². The van der Waals surface area contributed by atoms with Crippen LogP contribution in [0, 0.1) is 11.8 Å². The molecule has 0 fully saturated rings. The zero-order valence-corrected chi connectivity index (χ0v) is 9.82. The summed E-state index contributed by atoms with van der Waals surface area (Å²) < 4.78 is 42.4. The minimum atomic E-state index is -4.41. The van der Waals surface area contributed by atoms with Gasteiger partial charge in [0.15, 0.2) is 0 Å². The first-order valence-corrected chi connectivity index (χ1v) is 5.32. The Labute approximate surface area is 103 Å². The Bertz CT molecular complexity index is 443. The molecule has 0 bridgehead atoms. The Morgan fingerprint density at radius 2 is 2.00 bits per heavy atom. The van der Waals surface area contributed by atoms with Gasteiger partial charge in [-0.25, -0.2) is 0 Å². The van der Waals surface area contributed by atoms with Gasteiger partial charge in [0.2, 0.25) is 0 Å². The Morgan fingerprint density at radius 3 is 2.53 bits per heavy atom. The lowest BCUT2D eigenvalue weighted by Gasteiger charge is -2.09. The van der Waals surface area contributed by atoms with Gasteiger partial charge in [0.05, 0.1) is 12.7 Å². The van der Waals surface area contributed by atoms with Crippen LogP contribution in [0.1, 0.15) is 17.5 Å². The zero-order chi connectivity index (χ0) is 12.9. The van der Waals surface area contributed by atoms with Crippen LogP contribution in [0.2, 0.25) is 0 Å². The average molecular weight is 263 g/mol. The molecule has 17 heavy (non-hydrogen) atoms. The molecule has 0 N–H and O–H groups in total. The van der Waals surface area contributed by atoms with Gasteiger partial charge >= 0.3 is 6.18 Å². The maximum Gasteiger partial charge on any atom is 0.416 e. The molecule has 0 aliphatic carbocycles. The summed E-state index contributed by atoms with van der Waals surface area (Å²) in [7, 11) is 1.31. The molecule has 5 heteroatoms. The molecule has 1 nitrogen and oxygen atoms in total. The van der Waals surface area contributed by atoms with Crippen molar-refractivity contribution in [2.24, 2.45) is 0 Å². The van der Waals surface area contributed by atoms with Gasteiger partial charge in [-0.3, -0.25) is 0 Å². The molecule has 1 aromatic rings. The second kappa shape index (κ2) is 5.83. The van der Waals surface area contributed by atoms with E-state index in [0.717, 1.165) is 12.1 Å². The van der Waals surface area contributed by atoms with Crippen molar-refractivity contribution in [2.45, 2.75) is 12.6 Å². The SMILES string of the molecule is COc1cc(C#CCCCl)cc(C(F)(F)F)c1. The lowest BCUT2D eigenvalue weighted by molar-refractivity contribution is -0.137. The Hall–Kier alpha value is -1.34. The summed E-state index contributed by atoms with van der Waals surface area (Å²) in [5.74, 6) is 5.78. The van der Waals surface area contributed by atoms with Gasteiger partial charge < -0.3 is 4.74 Å². The second-order valence-electron chi connectivity index (χ2n) is 3.19. The predicted octanol–water partition coefficient (Wildman–Crippen LogP) is 3.69. The van der Waals surface area contributed by atoms with Gasteiger partial charge in [-0.1, -0.05) is 11.8 Å².